The number of ether oxygens (including phenoxy) is 1. The monoisotopic (exact) mass is 474 g/mol. The van der Waals surface area contributed by atoms with Gasteiger partial charge in [0.05, 0.1) is 29.3 Å². The van der Waals surface area contributed by atoms with Crippen molar-refractivity contribution in [3.05, 3.63) is 71.2 Å². The molecule has 1 saturated heterocycles. The number of methoxy groups -OCH3 is 1. The van der Waals surface area contributed by atoms with Gasteiger partial charge in [0.2, 0.25) is 0 Å². The Morgan fingerprint density at radius 3 is 2.80 bits per heavy atom. The van der Waals surface area contributed by atoms with E-state index in [1.807, 2.05) is 30.3 Å². The van der Waals surface area contributed by atoms with Gasteiger partial charge in [0.1, 0.15) is 11.6 Å². The molecule has 1 atom stereocenters. The van der Waals surface area contributed by atoms with Crippen molar-refractivity contribution in [1.29, 1.82) is 0 Å². The van der Waals surface area contributed by atoms with Crippen molar-refractivity contribution in [3.8, 4) is 17.0 Å². The number of aromatic amines is 1. The molecular formula is C26H27FN6O2. The third-order valence-electron chi connectivity index (χ3n) is 6.39. The number of nitrogens with zero attached hydrogens (tertiary/aromatic N) is 2. The summed E-state index contributed by atoms with van der Waals surface area (Å²) in [4.78, 5) is 17.6. The minimum atomic E-state index is -0.496. The number of H-pyrrole nitrogens is 1. The Balaban J connectivity index is 1.38. The molecule has 0 saturated carbocycles. The molecule has 8 nitrogen and oxygen atoms in total. The lowest BCUT2D eigenvalue weighted by Crippen LogP contribution is -2.28. The first kappa shape index (κ1) is 22.8. The highest BCUT2D eigenvalue weighted by atomic mass is 19.1. The molecule has 1 fully saturated rings. The number of hydrogen-bond donors (Lipinski definition) is 4. The van der Waals surface area contributed by atoms with Crippen LogP contribution in [0.3, 0.4) is 0 Å². The molecule has 1 unspecified atom stereocenters. The topological polar surface area (TPSA) is 118 Å². The minimum absolute atomic E-state index is 0.153. The first-order valence-electron chi connectivity index (χ1n) is 11.6. The quantitative estimate of drug-likeness (QED) is 0.338. The molecule has 1 amide bonds. The molecule has 2 aromatic heterocycles. The van der Waals surface area contributed by atoms with Crippen LogP contribution in [0, 0.1) is 5.82 Å². The smallest absolute Gasteiger partial charge is 0.255 e. The Hall–Kier alpha value is -3.98. The summed E-state index contributed by atoms with van der Waals surface area (Å²) in [5.74, 6) is 0.166. The second-order valence-electron chi connectivity index (χ2n) is 8.69. The number of nitrogen functional groups attached to an aromatic ring is 1. The number of amides is 1. The van der Waals surface area contributed by atoms with E-state index >= 15 is 0 Å². The average Bonchev–Trinajstić information content (AvgIpc) is 3.28. The van der Waals surface area contributed by atoms with Crippen LogP contribution in [0.2, 0.25) is 0 Å². The van der Waals surface area contributed by atoms with Crippen LogP contribution in [0.4, 0.5) is 10.2 Å². The summed E-state index contributed by atoms with van der Waals surface area (Å²) in [6.07, 6.45) is 2.20. The highest BCUT2D eigenvalue weighted by molar-refractivity contribution is 6.00. The SMILES string of the molecule is COc1ccc(F)cc1C(=O)NCc1ccc(-c2nc(C3CCCNC3)cc3[nH]nc(N)c23)cc1. The highest BCUT2D eigenvalue weighted by Crippen LogP contribution is 2.33. The van der Waals surface area contributed by atoms with Gasteiger partial charge in [0.15, 0.2) is 5.82 Å². The first-order valence-corrected chi connectivity index (χ1v) is 11.6. The molecule has 180 valence electrons. The Morgan fingerprint density at radius 2 is 2.06 bits per heavy atom. The molecule has 4 aromatic rings. The zero-order valence-electron chi connectivity index (χ0n) is 19.4. The lowest BCUT2D eigenvalue weighted by atomic mass is 9.94. The molecule has 0 radical (unpaired) electrons. The maximum Gasteiger partial charge on any atom is 0.255 e. The van der Waals surface area contributed by atoms with Crippen LogP contribution in [0.25, 0.3) is 22.2 Å². The van der Waals surface area contributed by atoms with E-state index in [0.717, 1.165) is 59.3 Å². The molecule has 3 heterocycles. The number of fused-ring (bicyclic) bond motifs is 1. The summed E-state index contributed by atoms with van der Waals surface area (Å²) >= 11 is 0. The molecule has 0 spiro atoms. The van der Waals surface area contributed by atoms with Crippen molar-refractivity contribution in [3.63, 3.8) is 0 Å². The van der Waals surface area contributed by atoms with Crippen LogP contribution in [0.5, 0.6) is 5.75 Å². The van der Waals surface area contributed by atoms with E-state index in [2.05, 4.69) is 20.8 Å². The average molecular weight is 475 g/mol. The first-order chi connectivity index (χ1) is 17.0. The van der Waals surface area contributed by atoms with Gasteiger partial charge in [-0.2, -0.15) is 5.10 Å². The van der Waals surface area contributed by atoms with Crippen molar-refractivity contribution < 1.29 is 13.9 Å². The lowest BCUT2D eigenvalue weighted by molar-refractivity contribution is 0.0947. The van der Waals surface area contributed by atoms with Crippen molar-refractivity contribution >= 4 is 22.6 Å². The van der Waals surface area contributed by atoms with Gasteiger partial charge in [0.25, 0.3) is 5.91 Å². The molecule has 0 aliphatic carbocycles. The number of benzene rings is 2. The van der Waals surface area contributed by atoms with Crippen molar-refractivity contribution in [1.82, 2.24) is 25.8 Å². The standard InChI is InChI=1S/C26H27FN6O2/c1-35-22-9-8-18(27)11-19(22)26(34)30-13-15-4-6-16(7-5-15)24-23-21(32-33-25(23)28)12-20(31-24)17-3-2-10-29-14-17/h4-9,11-12,17,29H,2-3,10,13-14H2,1H3,(H,30,34)(H3,28,32,33). The van der Waals surface area contributed by atoms with Crippen LogP contribution in [-0.4, -0.2) is 41.3 Å². The predicted molar refractivity (Wildman–Crippen MR) is 133 cm³/mol. The molecule has 1 aliphatic rings. The summed E-state index contributed by atoms with van der Waals surface area (Å²) in [5.41, 5.74) is 10.8. The summed E-state index contributed by atoms with van der Waals surface area (Å²) < 4.78 is 18.8. The fourth-order valence-corrected chi connectivity index (χ4v) is 4.53. The fourth-order valence-electron chi connectivity index (χ4n) is 4.53. The maximum absolute atomic E-state index is 13.6. The largest absolute Gasteiger partial charge is 0.496 e. The number of halogens is 1. The van der Waals surface area contributed by atoms with Gasteiger partial charge in [-0.25, -0.2) is 4.39 Å². The summed E-state index contributed by atoms with van der Waals surface area (Å²) in [6.45, 7) is 2.21. The molecular weight excluding hydrogens is 447 g/mol. The third kappa shape index (κ3) is 4.67. The maximum atomic E-state index is 13.6. The van der Waals surface area contributed by atoms with Gasteiger partial charge in [-0.15, -0.1) is 0 Å². The van der Waals surface area contributed by atoms with E-state index in [9.17, 15) is 9.18 Å². The molecule has 9 heteroatoms. The number of anilines is 1. The number of piperidine rings is 1. The van der Waals surface area contributed by atoms with Crippen LogP contribution >= 0.6 is 0 Å². The van der Waals surface area contributed by atoms with Gasteiger partial charge in [-0.1, -0.05) is 24.3 Å². The van der Waals surface area contributed by atoms with Crippen LogP contribution in [0.1, 0.15) is 40.4 Å². The zero-order chi connectivity index (χ0) is 24.4. The Labute approximate surface area is 202 Å². The van der Waals surface area contributed by atoms with Gasteiger partial charge in [-0.3, -0.25) is 14.9 Å². The number of nitrogens with one attached hydrogen (secondary N) is 3. The Kier molecular flexibility index (Phi) is 6.33. The van der Waals surface area contributed by atoms with Crippen molar-refractivity contribution in [2.24, 2.45) is 0 Å². The second kappa shape index (κ2) is 9.71. The zero-order valence-corrected chi connectivity index (χ0v) is 19.4. The van der Waals surface area contributed by atoms with Gasteiger partial charge >= 0.3 is 0 Å². The molecule has 5 N–H and O–H groups in total. The number of aromatic nitrogens is 3. The fraction of sp³-hybridized carbons (Fsp3) is 0.269. The van der Waals surface area contributed by atoms with Crippen LogP contribution in [-0.2, 0) is 6.54 Å². The number of nitrogens with two attached hydrogens (primary N) is 1. The van der Waals surface area contributed by atoms with Crippen molar-refractivity contribution in [2.75, 3.05) is 25.9 Å². The minimum Gasteiger partial charge on any atom is -0.496 e. The molecule has 5 rings (SSSR count). The number of carbonyl (C=O) groups is 1. The Morgan fingerprint density at radius 1 is 1.23 bits per heavy atom. The molecule has 0 bridgehead atoms. The highest BCUT2D eigenvalue weighted by Gasteiger charge is 2.21. The molecule has 35 heavy (non-hydrogen) atoms. The van der Waals surface area contributed by atoms with Gasteiger partial charge in [0, 0.05) is 30.3 Å². The Bertz CT molecular complexity index is 1360. The van der Waals surface area contributed by atoms with E-state index in [4.69, 9.17) is 15.5 Å². The third-order valence-corrected chi connectivity index (χ3v) is 6.39. The van der Waals surface area contributed by atoms with Crippen LogP contribution < -0.4 is 21.1 Å². The number of rotatable bonds is 6. The van der Waals surface area contributed by atoms with Gasteiger partial charge in [-0.05, 0) is 49.2 Å². The number of hydrogen-bond acceptors (Lipinski definition) is 6. The lowest BCUT2D eigenvalue weighted by Gasteiger charge is -2.23. The van der Waals surface area contributed by atoms with Crippen molar-refractivity contribution in [2.45, 2.75) is 25.3 Å². The number of carbonyl (C=O) groups excluding carboxylic acids is 1. The van der Waals surface area contributed by atoms with E-state index in [0.29, 0.717) is 17.5 Å². The van der Waals surface area contributed by atoms with E-state index in [1.165, 1.54) is 25.3 Å². The molecule has 2 aromatic carbocycles. The number of pyridine rings is 1. The second-order valence-corrected chi connectivity index (χ2v) is 8.69. The van der Waals surface area contributed by atoms with E-state index in [1.54, 1.807) is 0 Å². The summed E-state index contributed by atoms with van der Waals surface area (Å²) in [5, 5.41) is 14.3. The van der Waals surface area contributed by atoms with E-state index in [-0.39, 0.29) is 12.1 Å². The van der Waals surface area contributed by atoms with Gasteiger partial charge < -0.3 is 21.1 Å². The normalized spacial score (nSPS) is 15.8. The van der Waals surface area contributed by atoms with E-state index < -0.39 is 11.7 Å². The molecule has 1 aliphatic heterocycles. The predicted octanol–water partition coefficient (Wildman–Crippen LogP) is 3.75. The van der Waals surface area contributed by atoms with Crippen LogP contribution in [0.15, 0.2) is 48.5 Å². The summed E-state index contributed by atoms with van der Waals surface area (Å²) in [6, 6.07) is 13.7. The summed E-state index contributed by atoms with van der Waals surface area (Å²) in [7, 11) is 1.44.